The fourth-order valence-electron chi connectivity index (χ4n) is 3.02. The number of thiazole rings is 1. The summed E-state index contributed by atoms with van der Waals surface area (Å²) >= 11 is 1.38. The van der Waals surface area contributed by atoms with Gasteiger partial charge < -0.3 is 15.2 Å². The largest absolute Gasteiger partial charge is 0.478 e. The average Bonchev–Trinajstić information content (AvgIpc) is 3.14. The molecule has 2 aromatic carbocycles. The number of nitrogens with zero attached hydrogens (tertiary/aromatic N) is 1. The molecule has 0 aliphatic rings. The molecule has 1 amide bonds. The summed E-state index contributed by atoms with van der Waals surface area (Å²) in [6.45, 7) is 9.48. The molecular formula is C25H28N2O4S. The highest BCUT2D eigenvalue weighted by Crippen LogP contribution is 2.29. The molecule has 0 atom stereocenters. The number of ether oxygens (including phenoxy) is 1. The van der Waals surface area contributed by atoms with E-state index < -0.39 is 11.6 Å². The normalized spacial score (nSPS) is 11.4. The summed E-state index contributed by atoms with van der Waals surface area (Å²) in [7, 11) is 0. The van der Waals surface area contributed by atoms with Crippen LogP contribution in [0.4, 0.5) is 0 Å². The zero-order valence-electron chi connectivity index (χ0n) is 18.9. The molecule has 0 aliphatic heterocycles. The molecule has 32 heavy (non-hydrogen) atoms. The maximum atomic E-state index is 12.7. The van der Waals surface area contributed by atoms with E-state index in [4.69, 9.17) is 9.84 Å². The molecule has 0 saturated carbocycles. The minimum Gasteiger partial charge on any atom is -0.478 e. The van der Waals surface area contributed by atoms with Crippen molar-refractivity contribution in [2.24, 2.45) is 0 Å². The first kappa shape index (κ1) is 23.5. The van der Waals surface area contributed by atoms with Crippen molar-refractivity contribution in [1.82, 2.24) is 10.3 Å². The number of benzene rings is 2. The maximum Gasteiger partial charge on any atom is 0.347 e. The summed E-state index contributed by atoms with van der Waals surface area (Å²) in [4.78, 5) is 29.1. The number of aliphatic carboxylic acids is 1. The van der Waals surface area contributed by atoms with Gasteiger partial charge in [-0.3, -0.25) is 4.79 Å². The Bertz CT molecular complexity index is 1100. The van der Waals surface area contributed by atoms with Crippen molar-refractivity contribution in [3.8, 4) is 16.3 Å². The summed E-state index contributed by atoms with van der Waals surface area (Å²) in [6.07, 6.45) is 0. The standard InChI is InChI=1S/C25H28N2O4S/c1-15(2)18-8-10-19(11-9-18)23-27-16(3)21(32-23)22(28)26-14-17-6-12-20(13-7-17)31-25(4,5)24(29)30/h6-13,15H,14H2,1-5H3,(H,26,28)(H,29,30). The van der Waals surface area contributed by atoms with E-state index in [0.29, 0.717) is 28.8 Å². The second-order valence-corrected chi connectivity index (χ2v) is 9.45. The van der Waals surface area contributed by atoms with E-state index >= 15 is 0 Å². The van der Waals surface area contributed by atoms with E-state index in [9.17, 15) is 9.59 Å². The number of carbonyl (C=O) groups excluding carboxylic acids is 1. The van der Waals surface area contributed by atoms with E-state index in [1.165, 1.54) is 30.7 Å². The first-order chi connectivity index (χ1) is 15.1. The molecule has 0 spiro atoms. The van der Waals surface area contributed by atoms with E-state index in [2.05, 4.69) is 36.3 Å². The molecule has 6 nitrogen and oxygen atoms in total. The zero-order valence-corrected chi connectivity index (χ0v) is 19.7. The fourth-order valence-corrected chi connectivity index (χ4v) is 4.01. The molecule has 0 unspecified atom stereocenters. The van der Waals surface area contributed by atoms with Gasteiger partial charge in [0.05, 0.1) is 5.69 Å². The first-order valence-electron chi connectivity index (χ1n) is 10.4. The van der Waals surface area contributed by atoms with Gasteiger partial charge in [0, 0.05) is 12.1 Å². The van der Waals surface area contributed by atoms with Crippen LogP contribution in [0.3, 0.4) is 0 Å². The van der Waals surface area contributed by atoms with Gasteiger partial charge in [-0.1, -0.05) is 50.2 Å². The summed E-state index contributed by atoms with van der Waals surface area (Å²) < 4.78 is 5.50. The van der Waals surface area contributed by atoms with Crippen LogP contribution in [0, 0.1) is 6.92 Å². The Morgan fingerprint density at radius 1 is 1.09 bits per heavy atom. The molecule has 0 aliphatic carbocycles. The van der Waals surface area contributed by atoms with Crippen molar-refractivity contribution in [1.29, 1.82) is 0 Å². The Kier molecular flexibility index (Phi) is 6.99. The monoisotopic (exact) mass is 452 g/mol. The number of carboxylic acid groups (broad SMARTS) is 1. The topological polar surface area (TPSA) is 88.5 Å². The van der Waals surface area contributed by atoms with Crippen LogP contribution < -0.4 is 10.1 Å². The summed E-state index contributed by atoms with van der Waals surface area (Å²) in [5, 5.41) is 12.9. The van der Waals surface area contributed by atoms with Gasteiger partial charge in [0.25, 0.3) is 5.91 Å². The van der Waals surface area contributed by atoms with E-state index in [1.807, 2.05) is 19.1 Å². The molecular weight excluding hydrogens is 424 g/mol. The summed E-state index contributed by atoms with van der Waals surface area (Å²) in [6, 6.07) is 15.3. The molecule has 3 aromatic rings. The lowest BCUT2D eigenvalue weighted by Gasteiger charge is -2.21. The van der Waals surface area contributed by atoms with Gasteiger partial charge in [-0.05, 0) is 49.9 Å². The Balaban J connectivity index is 1.63. The summed E-state index contributed by atoms with van der Waals surface area (Å²) in [5.74, 6) is -0.284. The molecule has 0 saturated heterocycles. The SMILES string of the molecule is Cc1nc(-c2ccc(C(C)C)cc2)sc1C(=O)NCc1ccc(OC(C)(C)C(=O)O)cc1. The third-order valence-electron chi connectivity index (χ3n) is 5.09. The number of hydrogen-bond acceptors (Lipinski definition) is 5. The number of nitrogens with one attached hydrogen (secondary N) is 1. The highest BCUT2D eigenvalue weighted by Gasteiger charge is 2.29. The molecule has 3 rings (SSSR count). The molecule has 1 aromatic heterocycles. The van der Waals surface area contributed by atoms with Crippen molar-refractivity contribution < 1.29 is 19.4 Å². The lowest BCUT2D eigenvalue weighted by atomic mass is 10.0. The number of carbonyl (C=O) groups is 2. The van der Waals surface area contributed by atoms with Crippen LogP contribution in [0.25, 0.3) is 10.6 Å². The van der Waals surface area contributed by atoms with Gasteiger partial charge >= 0.3 is 5.97 Å². The smallest absolute Gasteiger partial charge is 0.347 e. The zero-order chi connectivity index (χ0) is 23.5. The second-order valence-electron chi connectivity index (χ2n) is 8.45. The van der Waals surface area contributed by atoms with Gasteiger partial charge in [0.15, 0.2) is 5.60 Å². The quantitative estimate of drug-likeness (QED) is 0.477. The third-order valence-corrected chi connectivity index (χ3v) is 6.30. The first-order valence-corrected chi connectivity index (χ1v) is 11.3. The van der Waals surface area contributed by atoms with E-state index in [0.717, 1.165) is 16.1 Å². The Labute approximate surface area is 192 Å². The average molecular weight is 453 g/mol. The molecule has 7 heteroatoms. The molecule has 1 heterocycles. The molecule has 2 N–H and O–H groups in total. The molecule has 0 radical (unpaired) electrons. The number of carboxylic acids is 1. The van der Waals surface area contributed by atoms with Crippen LogP contribution in [-0.4, -0.2) is 27.6 Å². The van der Waals surface area contributed by atoms with Gasteiger partial charge in [-0.2, -0.15) is 0 Å². The lowest BCUT2D eigenvalue weighted by Crippen LogP contribution is -2.37. The van der Waals surface area contributed by atoms with Crippen LogP contribution in [0.15, 0.2) is 48.5 Å². The number of hydrogen-bond donors (Lipinski definition) is 2. The number of aromatic nitrogens is 1. The second kappa shape index (κ2) is 9.53. The fraction of sp³-hybridized carbons (Fsp3) is 0.320. The van der Waals surface area contributed by atoms with Crippen LogP contribution in [0.5, 0.6) is 5.75 Å². The van der Waals surface area contributed by atoms with E-state index in [-0.39, 0.29) is 5.91 Å². The van der Waals surface area contributed by atoms with Crippen molar-refractivity contribution >= 4 is 23.2 Å². The van der Waals surface area contributed by atoms with E-state index in [1.54, 1.807) is 24.3 Å². The Morgan fingerprint density at radius 3 is 2.28 bits per heavy atom. The highest BCUT2D eigenvalue weighted by molar-refractivity contribution is 7.17. The number of rotatable bonds is 8. The molecule has 0 fully saturated rings. The lowest BCUT2D eigenvalue weighted by molar-refractivity contribution is -0.152. The minimum absolute atomic E-state index is 0.169. The highest BCUT2D eigenvalue weighted by atomic mass is 32.1. The van der Waals surface area contributed by atoms with Gasteiger partial charge in [0.1, 0.15) is 15.6 Å². The van der Waals surface area contributed by atoms with Crippen molar-refractivity contribution in [2.75, 3.05) is 0 Å². The van der Waals surface area contributed by atoms with Crippen LogP contribution in [0.1, 0.15) is 60.1 Å². The predicted octanol–water partition coefficient (Wildman–Crippen LogP) is 5.41. The molecule has 0 bridgehead atoms. The van der Waals surface area contributed by atoms with Gasteiger partial charge in [-0.25, -0.2) is 9.78 Å². The van der Waals surface area contributed by atoms with Crippen molar-refractivity contribution in [3.63, 3.8) is 0 Å². The summed E-state index contributed by atoms with van der Waals surface area (Å²) in [5.41, 5.74) is 2.54. The van der Waals surface area contributed by atoms with Gasteiger partial charge in [-0.15, -0.1) is 11.3 Å². The number of aryl methyl sites for hydroxylation is 1. The van der Waals surface area contributed by atoms with Crippen molar-refractivity contribution in [2.45, 2.75) is 52.7 Å². The predicted molar refractivity (Wildman–Crippen MR) is 126 cm³/mol. The van der Waals surface area contributed by atoms with Crippen LogP contribution >= 0.6 is 11.3 Å². The van der Waals surface area contributed by atoms with Gasteiger partial charge in [0.2, 0.25) is 0 Å². The maximum absolute atomic E-state index is 12.7. The van der Waals surface area contributed by atoms with Crippen LogP contribution in [0.2, 0.25) is 0 Å². The van der Waals surface area contributed by atoms with Crippen molar-refractivity contribution in [3.05, 3.63) is 70.2 Å². The third kappa shape index (κ3) is 5.53. The number of amides is 1. The Morgan fingerprint density at radius 2 is 1.72 bits per heavy atom. The minimum atomic E-state index is -1.31. The van der Waals surface area contributed by atoms with Crippen LogP contribution in [-0.2, 0) is 11.3 Å². The Hall–Kier alpha value is -3.19. The molecule has 168 valence electrons.